The van der Waals surface area contributed by atoms with Crippen LogP contribution in [0.25, 0.3) is 10.9 Å². The van der Waals surface area contributed by atoms with Gasteiger partial charge in [0, 0.05) is 31.8 Å². The summed E-state index contributed by atoms with van der Waals surface area (Å²) in [6, 6.07) is 6.65. The highest BCUT2D eigenvalue weighted by molar-refractivity contribution is 7.92. The number of benzene rings is 1. The molecule has 0 spiro atoms. The molecule has 170 valence electrons. The predicted octanol–water partition coefficient (Wildman–Crippen LogP) is 2.88. The van der Waals surface area contributed by atoms with Gasteiger partial charge >= 0.3 is 0 Å². The zero-order chi connectivity index (χ0) is 22.3. The van der Waals surface area contributed by atoms with Crippen LogP contribution in [0.5, 0.6) is 0 Å². The average Bonchev–Trinajstić information content (AvgIpc) is 3.46. The van der Waals surface area contributed by atoms with Gasteiger partial charge in [-0.1, -0.05) is 6.07 Å². The molecule has 8 nitrogen and oxygen atoms in total. The number of carbonyl (C=O) groups excluding carboxylic acids is 1. The smallest absolute Gasteiger partial charge is 0.181 e. The number of carbonyl (C=O) groups is 1. The summed E-state index contributed by atoms with van der Waals surface area (Å²) in [6.07, 6.45) is 7.55. The summed E-state index contributed by atoms with van der Waals surface area (Å²) >= 11 is 0. The molecule has 1 saturated heterocycles. The Morgan fingerprint density at radius 1 is 1.19 bits per heavy atom. The Labute approximate surface area is 187 Å². The van der Waals surface area contributed by atoms with E-state index < -0.39 is 15.9 Å². The quantitative estimate of drug-likeness (QED) is 0.517. The normalized spacial score (nSPS) is 18.8. The zero-order valence-electron chi connectivity index (χ0n) is 18.2. The van der Waals surface area contributed by atoms with E-state index in [2.05, 4.69) is 10.2 Å². The fourth-order valence-electron chi connectivity index (χ4n) is 4.62. The van der Waals surface area contributed by atoms with Gasteiger partial charge in [0.2, 0.25) is 0 Å². The van der Waals surface area contributed by atoms with Crippen LogP contribution in [0.2, 0.25) is 0 Å². The van der Waals surface area contributed by atoms with Gasteiger partial charge in [-0.2, -0.15) is 10.2 Å². The van der Waals surface area contributed by atoms with Gasteiger partial charge in [0.1, 0.15) is 6.04 Å². The van der Waals surface area contributed by atoms with Gasteiger partial charge in [0.05, 0.1) is 34.0 Å². The lowest BCUT2D eigenvalue weighted by atomic mass is 9.90. The molecule has 2 fully saturated rings. The summed E-state index contributed by atoms with van der Waals surface area (Å²) in [5, 5.41) is 9.23. The molecule has 3 heterocycles. The summed E-state index contributed by atoms with van der Waals surface area (Å²) in [5.74, 6) is 0.398. The van der Waals surface area contributed by atoms with Crippen molar-refractivity contribution in [2.75, 3.05) is 13.2 Å². The maximum absolute atomic E-state index is 13.5. The van der Waals surface area contributed by atoms with E-state index in [1.54, 1.807) is 27.7 Å². The minimum absolute atomic E-state index is 0.0376. The molecule has 0 unspecified atom stereocenters. The minimum Gasteiger partial charge on any atom is -0.381 e. The highest BCUT2D eigenvalue weighted by Crippen LogP contribution is 2.37. The van der Waals surface area contributed by atoms with Crippen LogP contribution in [0.3, 0.4) is 0 Å². The standard InChI is InChI=1S/C23H28N4O4S/c1-26-10-7-17(25-26)14-22(28)21(13-16-8-11-31-12-9-16)27-20-3-2-4-23(19(20)15-24-27)32(29,30)18-5-6-18/h2-4,7,10,15-16,18,21H,5-6,8-9,11-14H2,1H3/t21-/m1/s1. The van der Waals surface area contributed by atoms with Crippen LogP contribution in [0, 0.1) is 5.92 Å². The second-order valence-electron chi connectivity index (χ2n) is 8.95. The number of sulfone groups is 1. The molecule has 0 amide bonds. The van der Waals surface area contributed by atoms with Crippen molar-refractivity contribution in [2.24, 2.45) is 13.0 Å². The number of ketones is 1. The number of hydrogen-bond acceptors (Lipinski definition) is 6. The number of Topliss-reactive ketones (excluding diaryl/α,β-unsaturated/α-hetero) is 1. The van der Waals surface area contributed by atoms with Gasteiger partial charge in [-0.15, -0.1) is 0 Å². The van der Waals surface area contributed by atoms with Crippen LogP contribution in [0.15, 0.2) is 41.6 Å². The number of rotatable bonds is 8. The fourth-order valence-corrected chi connectivity index (χ4v) is 6.47. The van der Waals surface area contributed by atoms with E-state index in [1.807, 2.05) is 25.4 Å². The first-order valence-corrected chi connectivity index (χ1v) is 12.8. The third-order valence-electron chi connectivity index (χ3n) is 6.56. The maximum Gasteiger partial charge on any atom is 0.181 e. The Hall–Kier alpha value is -2.52. The lowest BCUT2D eigenvalue weighted by Crippen LogP contribution is -2.27. The Balaban J connectivity index is 1.52. The third kappa shape index (κ3) is 4.11. The first-order valence-electron chi connectivity index (χ1n) is 11.2. The number of aryl methyl sites for hydroxylation is 1. The second-order valence-corrected chi connectivity index (χ2v) is 11.2. The molecule has 1 aromatic carbocycles. The lowest BCUT2D eigenvalue weighted by Gasteiger charge is -2.26. The van der Waals surface area contributed by atoms with E-state index in [4.69, 9.17) is 4.74 Å². The summed E-state index contributed by atoms with van der Waals surface area (Å²) in [4.78, 5) is 13.8. The summed E-state index contributed by atoms with van der Waals surface area (Å²) in [7, 11) is -1.54. The van der Waals surface area contributed by atoms with Gasteiger partial charge < -0.3 is 4.74 Å². The largest absolute Gasteiger partial charge is 0.381 e. The van der Waals surface area contributed by atoms with Crippen molar-refractivity contribution in [1.82, 2.24) is 19.6 Å². The minimum atomic E-state index is -3.37. The zero-order valence-corrected chi connectivity index (χ0v) is 19.0. The highest BCUT2D eigenvalue weighted by Gasteiger charge is 2.38. The van der Waals surface area contributed by atoms with Gasteiger partial charge in [-0.05, 0) is 56.2 Å². The molecule has 2 aromatic heterocycles. The van der Waals surface area contributed by atoms with Gasteiger partial charge in [-0.25, -0.2) is 8.42 Å². The van der Waals surface area contributed by atoms with E-state index in [-0.39, 0.29) is 17.5 Å². The molecular formula is C23H28N4O4S. The third-order valence-corrected chi connectivity index (χ3v) is 8.88. The molecule has 5 rings (SSSR count). The van der Waals surface area contributed by atoms with Crippen molar-refractivity contribution in [3.05, 3.63) is 42.4 Å². The second kappa shape index (κ2) is 8.44. The van der Waals surface area contributed by atoms with Gasteiger partial charge in [0.25, 0.3) is 0 Å². The lowest BCUT2D eigenvalue weighted by molar-refractivity contribution is -0.122. The van der Waals surface area contributed by atoms with Crippen molar-refractivity contribution in [2.45, 2.75) is 54.7 Å². The summed E-state index contributed by atoms with van der Waals surface area (Å²) in [5.41, 5.74) is 1.42. The molecule has 32 heavy (non-hydrogen) atoms. The number of nitrogens with zero attached hydrogens (tertiary/aromatic N) is 4. The summed E-state index contributed by atoms with van der Waals surface area (Å²) in [6.45, 7) is 1.41. The van der Waals surface area contributed by atoms with E-state index >= 15 is 0 Å². The Kier molecular flexibility index (Phi) is 5.63. The maximum atomic E-state index is 13.5. The number of hydrogen-bond donors (Lipinski definition) is 0. The van der Waals surface area contributed by atoms with Crippen LogP contribution < -0.4 is 0 Å². The molecule has 0 bridgehead atoms. The highest BCUT2D eigenvalue weighted by atomic mass is 32.2. The van der Waals surface area contributed by atoms with Gasteiger partial charge in [0.15, 0.2) is 15.6 Å². The van der Waals surface area contributed by atoms with Crippen LogP contribution in [-0.4, -0.2) is 52.2 Å². The van der Waals surface area contributed by atoms with Gasteiger partial charge in [-0.3, -0.25) is 14.2 Å². The number of aromatic nitrogens is 4. The Bertz CT molecular complexity index is 1240. The monoisotopic (exact) mass is 456 g/mol. The molecule has 1 atom stereocenters. The molecule has 2 aliphatic rings. The van der Waals surface area contributed by atoms with E-state index in [1.165, 1.54) is 0 Å². The molecule has 1 aliphatic carbocycles. The van der Waals surface area contributed by atoms with Crippen LogP contribution in [0.1, 0.15) is 43.8 Å². The van der Waals surface area contributed by atoms with Crippen molar-refractivity contribution >= 4 is 26.5 Å². The SMILES string of the molecule is Cn1ccc(CC(=O)[C@@H](CC2CCOCC2)n2ncc3c(S(=O)(=O)C4CC4)cccc32)n1. The molecule has 3 aromatic rings. The van der Waals surface area contributed by atoms with E-state index in [0.717, 1.165) is 18.5 Å². The van der Waals surface area contributed by atoms with E-state index in [9.17, 15) is 13.2 Å². The molecular weight excluding hydrogens is 428 g/mol. The number of ether oxygens (including phenoxy) is 1. The average molecular weight is 457 g/mol. The van der Waals surface area contributed by atoms with Crippen LogP contribution in [0.4, 0.5) is 0 Å². The molecule has 1 aliphatic heterocycles. The Morgan fingerprint density at radius 2 is 1.97 bits per heavy atom. The summed E-state index contributed by atoms with van der Waals surface area (Å²) < 4.78 is 34.8. The molecule has 1 saturated carbocycles. The van der Waals surface area contributed by atoms with Crippen molar-refractivity contribution in [3.8, 4) is 0 Å². The van der Waals surface area contributed by atoms with Crippen LogP contribution in [-0.2, 0) is 32.8 Å². The first-order chi connectivity index (χ1) is 15.4. The predicted molar refractivity (Wildman–Crippen MR) is 119 cm³/mol. The topological polar surface area (TPSA) is 96.1 Å². The van der Waals surface area contributed by atoms with Crippen molar-refractivity contribution in [1.29, 1.82) is 0 Å². The number of fused-ring (bicyclic) bond motifs is 1. The molecule has 9 heteroatoms. The van der Waals surface area contributed by atoms with Crippen LogP contribution >= 0.6 is 0 Å². The molecule has 0 N–H and O–H groups in total. The molecule has 0 radical (unpaired) electrons. The fraction of sp³-hybridized carbons (Fsp3) is 0.522. The Morgan fingerprint density at radius 3 is 2.66 bits per heavy atom. The van der Waals surface area contributed by atoms with Crippen molar-refractivity contribution < 1.29 is 17.9 Å². The van der Waals surface area contributed by atoms with E-state index in [0.29, 0.717) is 54.2 Å². The van der Waals surface area contributed by atoms with Crippen molar-refractivity contribution in [3.63, 3.8) is 0 Å². The first kappa shape index (κ1) is 21.3.